The predicted molar refractivity (Wildman–Crippen MR) is 131 cm³/mol. The summed E-state index contributed by atoms with van der Waals surface area (Å²) >= 11 is 3.50. The van der Waals surface area contributed by atoms with Gasteiger partial charge in [0.1, 0.15) is 0 Å². The minimum absolute atomic E-state index is 0.00780. The Bertz CT molecular complexity index is 1270. The smallest absolute Gasteiger partial charge is 0.269 e. The van der Waals surface area contributed by atoms with E-state index in [1.807, 2.05) is 17.0 Å². The number of non-ortho nitro benzene ring substituents is 1. The Hall–Kier alpha value is -4.04. The first kappa shape index (κ1) is 22.7. The van der Waals surface area contributed by atoms with Gasteiger partial charge in [0.25, 0.3) is 5.69 Å². The molecule has 2 N–H and O–H groups in total. The van der Waals surface area contributed by atoms with Gasteiger partial charge < -0.3 is 24.4 Å². The van der Waals surface area contributed by atoms with Gasteiger partial charge in [0, 0.05) is 40.9 Å². The number of nitro groups is 1. The monoisotopic (exact) mass is 542 g/mol. The normalized spacial score (nSPS) is 14.8. The van der Waals surface area contributed by atoms with Crippen LogP contribution in [-0.2, 0) is 4.74 Å². The Morgan fingerprint density at radius 1 is 1.06 bits per heavy atom. The maximum atomic E-state index is 10.9. The maximum Gasteiger partial charge on any atom is 0.269 e. The number of anilines is 4. The third kappa shape index (κ3) is 5.38. The molecule has 3 heterocycles. The third-order valence-corrected chi connectivity index (χ3v) is 5.80. The van der Waals surface area contributed by atoms with Gasteiger partial charge in [0.15, 0.2) is 11.5 Å². The van der Waals surface area contributed by atoms with Gasteiger partial charge in [-0.25, -0.2) is 5.43 Å². The van der Waals surface area contributed by atoms with Gasteiger partial charge in [0.2, 0.25) is 24.6 Å². The molecular formula is C21H19BrN8O5. The first-order chi connectivity index (χ1) is 17.0. The fraction of sp³-hybridized carbons (Fsp3) is 0.238. The van der Waals surface area contributed by atoms with E-state index in [-0.39, 0.29) is 24.4 Å². The minimum atomic E-state index is -0.457. The van der Waals surface area contributed by atoms with Gasteiger partial charge in [-0.05, 0) is 40.2 Å². The van der Waals surface area contributed by atoms with Crippen LogP contribution in [0.2, 0.25) is 0 Å². The molecule has 35 heavy (non-hydrogen) atoms. The van der Waals surface area contributed by atoms with Crippen molar-refractivity contribution in [2.24, 2.45) is 5.10 Å². The van der Waals surface area contributed by atoms with Gasteiger partial charge >= 0.3 is 0 Å². The molecule has 2 aliphatic heterocycles. The lowest BCUT2D eigenvalue weighted by atomic mass is 10.2. The summed E-state index contributed by atoms with van der Waals surface area (Å²) in [5.41, 5.74) is 4.20. The average molecular weight is 543 g/mol. The number of nitrogens with one attached hydrogen (secondary N) is 2. The molecule has 0 amide bonds. The van der Waals surface area contributed by atoms with Crippen LogP contribution in [0.5, 0.6) is 11.5 Å². The number of morpholine rings is 1. The van der Waals surface area contributed by atoms with Gasteiger partial charge in [0.05, 0.1) is 24.4 Å². The van der Waals surface area contributed by atoms with Crippen LogP contribution in [0.1, 0.15) is 5.56 Å². The Kier molecular flexibility index (Phi) is 6.54. The fourth-order valence-corrected chi connectivity index (χ4v) is 3.79. The largest absolute Gasteiger partial charge is 0.454 e. The molecule has 1 saturated heterocycles. The fourth-order valence-electron chi connectivity index (χ4n) is 3.36. The highest BCUT2D eigenvalue weighted by Gasteiger charge is 2.18. The Morgan fingerprint density at radius 2 is 1.77 bits per heavy atom. The molecule has 13 nitrogen and oxygen atoms in total. The van der Waals surface area contributed by atoms with E-state index in [1.165, 1.54) is 12.1 Å². The first-order valence-electron chi connectivity index (χ1n) is 10.5. The molecule has 1 fully saturated rings. The topological polar surface area (TPSA) is 149 Å². The molecule has 0 saturated carbocycles. The minimum Gasteiger partial charge on any atom is -0.454 e. The van der Waals surface area contributed by atoms with Crippen LogP contribution >= 0.6 is 15.9 Å². The number of halogens is 1. The molecule has 0 atom stereocenters. The van der Waals surface area contributed by atoms with E-state index in [4.69, 9.17) is 14.2 Å². The van der Waals surface area contributed by atoms with Crippen molar-refractivity contribution in [3.63, 3.8) is 0 Å². The predicted octanol–water partition coefficient (Wildman–Crippen LogP) is 3.30. The van der Waals surface area contributed by atoms with E-state index >= 15 is 0 Å². The Balaban J connectivity index is 1.38. The van der Waals surface area contributed by atoms with Gasteiger partial charge in [-0.2, -0.15) is 20.1 Å². The highest BCUT2D eigenvalue weighted by atomic mass is 79.9. The number of ether oxygens (including phenoxy) is 3. The lowest BCUT2D eigenvalue weighted by Gasteiger charge is -2.27. The zero-order chi connectivity index (χ0) is 24.2. The summed E-state index contributed by atoms with van der Waals surface area (Å²) < 4.78 is 17.0. The number of fused-ring (bicyclic) bond motifs is 1. The van der Waals surface area contributed by atoms with Crippen LogP contribution in [0.4, 0.5) is 29.2 Å². The molecule has 0 radical (unpaired) electrons. The first-order valence-corrected chi connectivity index (χ1v) is 11.3. The van der Waals surface area contributed by atoms with Crippen molar-refractivity contribution in [3.05, 3.63) is 56.5 Å². The second-order valence-electron chi connectivity index (χ2n) is 7.41. The van der Waals surface area contributed by atoms with Crippen molar-refractivity contribution in [1.82, 2.24) is 15.0 Å². The Labute approximate surface area is 207 Å². The molecule has 0 unspecified atom stereocenters. The highest BCUT2D eigenvalue weighted by Crippen LogP contribution is 2.36. The number of nitro benzene ring substituents is 1. The molecule has 1 aromatic heterocycles. The lowest BCUT2D eigenvalue weighted by molar-refractivity contribution is -0.384. The molecule has 14 heteroatoms. The van der Waals surface area contributed by atoms with Crippen LogP contribution < -0.4 is 25.1 Å². The molecule has 2 aromatic carbocycles. The van der Waals surface area contributed by atoms with Crippen LogP contribution in [0, 0.1) is 10.1 Å². The van der Waals surface area contributed by atoms with Crippen molar-refractivity contribution in [2.75, 3.05) is 48.7 Å². The molecule has 0 spiro atoms. The second-order valence-corrected chi connectivity index (χ2v) is 8.26. The SMILES string of the molecule is O=[N+]([O-])c1ccc(Nc2nc(N/N=C/c3cc4c(cc3Br)OCO4)nc(N3CCOCC3)n2)cc1. The highest BCUT2D eigenvalue weighted by molar-refractivity contribution is 9.10. The summed E-state index contributed by atoms with van der Waals surface area (Å²) in [5.74, 6) is 2.24. The van der Waals surface area contributed by atoms with E-state index in [2.05, 4.69) is 46.7 Å². The number of nitrogens with zero attached hydrogens (tertiary/aromatic N) is 6. The number of rotatable bonds is 7. The van der Waals surface area contributed by atoms with Crippen LogP contribution in [0.3, 0.4) is 0 Å². The zero-order valence-electron chi connectivity index (χ0n) is 18.2. The van der Waals surface area contributed by atoms with E-state index in [0.717, 1.165) is 10.0 Å². The van der Waals surface area contributed by atoms with Gasteiger partial charge in [-0.3, -0.25) is 10.1 Å². The quantitative estimate of drug-likeness (QED) is 0.257. The number of hydrazone groups is 1. The van der Waals surface area contributed by atoms with Gasteiger partial charge in [-0.1, -0.05) is 0 Å². The number of hydrogen-bond donors (Lipinski definition) is 2. The maximum absolute atomic E-state index is 10.9. The number of aromatic nitrogens is 3. The molecule has 180 valence electrons. The summed E-state index contributed by atoms with van der Waals surface area (Å²) in [5, 5.41) is 18.2. The van der Waals surface area contributed by atoms with Crippen molar-refractivity contribution in [3.8, 4) is 11.5 Å². The van der Waals surface area contributed by atoms with Crippen LogP contribution in [0.25, 0.3) is 0 Å². The summed E-state index contributed by atoms with van der Waals surface area (Å²) in [6.45, 7) is 2.58. The summed E-state index contributed by atoms with van der Waals surface area (Å²) in [6, 6.07) is 9.59. The van der Waals surface area contributed by atoms with E-state index in [0.29, 0.717) is 49.4 Å². The standard InChI is InChI=1S/C21H19BrN8O5/c22-16-10-18-17(34-12-35-18)9-13(16)11-23-28-20-25-19(24-14-1-3-15(4-2-14)30(31)32)26-21(27-20)29-5-7-33-8-6-29/h1-4,9-11H,5-8,12H2,(H2,24,25,26,27,28)/b23-11+. The number of hydrogen-bond acceptors (Lipinski definition) is 12. The van der Waals surface area contributed by atoms with E-state index in [1.54, 1.807) is 18.3 Å². The van der Waals surface area contributed by atoms with Crippen molar-refractivity contribution < 1.29 is 19.1 Å². The summed E-state index contributed by atoms with van der Waals surface area (Å²) in [7, 11) is 0. The molecule has 0 aliphatic carbocycles. The third-order valence-electron chi connectivity index (χ3n) is 5.11. The van der Waals surface area contributed by atoms with Crippen LogP contribution in [-0.4, -0.2) is 59.2 Å². The second kappa shape index (κ2) is 10.1. The van der Waals surface area contributed by atoms with E-state index in [9.17, 15) is 10.1 Å². The summed E-state index contributed by atoms with van der Waals surface area (Å²) in [6.07, 6.45) is 1.60. The Morgan fingerprint density at radius 3 is 2.51 bits per heavy atom. The lowest BCUT2D eigenvalue weighted by Crippen LogP contribution is -2.37. The van der Waals surface area contributed by atoms with Crippen LogP contribution in [0.15, 0.2) is 46.0 Å². The average Bonchev–Trinajstić information content (AvgIpc) is 3.32. The molecule has 2 aliphatic rings. The van der Waals surface area contributed by atoms with Gasteiger partial charge in [-0.15, -0.1) is 0 Å². The summed E-state index contributed by atoms with van der Waals surface area (Å²) in [4.78, 5) is 25.8. The molecule has 3 aromatic rings. The van der Waals surface area contributed by atoms with Crippen molar-refractivity contribution >= 4 is 51.4 Å². The molecular weight excluding hydrogens is 524 g/mol. The molecule has 0 bridgehead atoms. The van der Waals surface area contributed by atoms with Crippen molar-refractivity contribution in [2.45, 2.75) is 0 Å². The molecule has 5 rings (SSSR count). The number of benzene rings is 2. The zero-order valence-corrected chi connectivity index (χ0v) is 19.8. The van der Waals surface area contributed by atoms with E-state index < -0.39 is 4.92 Å². The van der Waals surface area contributed by atoms with Crippen molar-refractivity contribution in [1.29, 1.82) is 0 Å².